The summed E-state index contributed by atoms with van der Waals surface area (Å²) in [5.74, 6) is 0.103. The number of hydrogen-bond acceptors (Lipinski definition) is 3. The molecule has 1 heterocycles. The molecular weight excluding hydrogens is 372 g/mol. The zero-order chi connectivity index (χ0) is 20.1. The smallest absolute Gasteiger partial charge is 0.255 e. The maximum absolute atomic E-state index is 12.7. The summed E-state index contributed by atoms with van der Waals surface area (Å²) in [6.45, 7) is 5.38. The van der Waals surface area contributed by atoms with Crippen LogP contribution >= 0.6 is 0 Å². The summed E-state index contributed by atoms with van der Waals surface area (Å²) in [5.41, 5.74) is 2.34. The molecule has 0 aromatic heterocycles. The fourth-order valence-corrected chi connectivity index (χ4v) is 5.00. The van der Waals surface area contributed by atoms with E-state index in [1.54, 1.807) is 12.1 Å². The monoisotopic (exact) mass is 400 g/mol. The number of amides is 1. The molecule has 2 aromatic carbocycles. The number of nitrogens with one attached hydrogen (secondary N) is 1. The quantitative estimate of drug-likeness (QED) is 0.769. The second-order valence-corrected chi connectivity index (χ2v) is 9.28. The minimum Gasteiger partial charge on any atom is -0.322 e. The first kappa shape index (κ1) is 20.6. The summed E-state index contributed by atoms with van der Waals surface area (Å²) in [6, 6.07) is 14.0. The van der Waals surface area contributed by atoms with Crippen molar-refractivity contribution >= 4 is 21.6 Å². The molecule has 0 bridgehead atoms. The van der Waals surface area contributed by atoms with Gasteiger partial charge < -0.3 is 5.32 Å². The Labute approximate surface area is 167 Å². The molecule has 1 fully saturated rings. The molecule has 2 aromatic rings. The Balaban J connectivity index is 1.76. The molecule has 0 saturated carbocycles. The number of para-hydroxylation sites is 1. The summed E-state index contributed by atoms with van der Waals surface area (Å²) in [5, 5.41) is 2.96. The molecule has 5 nitrogen and oxygen atoms in total. The van der Waals surface area contributed by atoms with Crippen molar-refractivity contribution in [1.82, 2.24) is 4.31 Å². The first-order valence-electron chi connectivity index (χ1n) is 9.94. The van der Waals surface area contributed by atoms with Gasteiger partial charge in [0.15, 0.2) is 0 Å². The maximum Gasteiger partial charge on any atom is 0.255 e. The number of nitrogens with zero attached hydrogens (tertiary/aromatic N) is 1. The SMILES string of the molecule is CC[C@@H](C)c1ccccc1NC(=O)c1ccc(S(=O)(=O)N2CCCCC2)cc1. The van der Waals surface area contributed by atoms with Gasteiger partial charge in [-0.25, -0.2) is 8.42 Å². The van der Waals surface area contributed by atoms with Crippen molar-refractivity contribution in [2.24, 2.45) is 0 Å². The van der Waals surface area contributed by atoms with Crippen molar-refractivity contribution < 1.29 is 13.2 Å². The molecule has 0 radical (unpaired) electrons. The third kappa shape index (κ3) is 4.45. The third-order valence-electron chi connectivity index (χ3n) is 5.42. The minimum absolute atomic E-state index is 0.238. The molecule has 0 unspecified atom stereocenters. The standard InChI is InChI=1S/C22H28N2O3S/c1-3-17(2)20-9-5-6-10-21(20)23-22(25)18-11-13-19(14-12-18)28(26,27)24-15-7-4-8-16-24/h5-6,9-14,17H,3-4,7-8,15-16H2,1-2H3,(H,23,25)/t17-/m1/s1. The van der Waals surface area contributed by atoms with Crippen LogP contribution in [0.1, 0.15) is 61.4 Å². The van der Waals surface area contributed by atoms with Crippen molar-refractivity contribution in [2.75, 3.05) is 18.4 Å². The number of sulfonamides is 1. The van der Waals surface area contributed by atoms with Gasteiger partial charge in [-0.2, -0.15) is 4.31 Å². The molecule has 150 valence electrons. The lowest BCUT2D eigenvalue weighted by atomic mass is 9.97. The Morgan fingerprint density at radius 3 is 2.32 bits per heavy atom. The van der Waals surface area contributed by atoms with E-state index in [0.29, 0.717) is 24.6 Å². The van der Waals surface area contributed by atoms with Gasteiger partial charge in [-0.05, 0) is 61.1 Å². The van der Waals surface area contributed by atoms with Gasteiger partial charge in [-0.15, -0.1) is 0 Å². The van der Waals surface area contributed by atoms with Crippen molar-refractivity contribution in [3.05, 3.63) is 59.7 Å². The molecule has 0 spiro atoms. The van der Waals surface area contributed by atoms with E-state index in [0.717, 1.165) is 36.9 Å². The van der Waals surface area contributed by atoms with E-state index < -0.39 is 10.0 Å². The van der Waals surface area contributed by atoms with Crippen LogP contribution in [0.2, 0.25) is 0 Å². The maximum atomic E-state index is 12.7. The average molecular weight is 401 g/mol. The van der Waals surface area contributed by atoms with Crippen molar-refractivity contribution in [2.45, 2.75) is 50.3 Å². The van der Waals surface area contributed by atoms with Crippen LogP contribution in [0.25, 0.3) is 0 Å². The van der Waals surface area contributed by atoms with Gasteiger partial charge in [0.2, 0.25) is 10.0 Å². The van der Waals surface area contributed by atoms with Crippen molar-refractivity contribution in [3.63, 3.8) is 0 Å². The molecule has 1 aliphatic heterocycles. The second kappa shape index (κ2) is 8.88. The molecule has 0 aliphatic carbocycles. The number of benzene rings is 2. The zero-order valence-electron chi connectivity index (χ0n) is 16.5. The first-order chi connectivity index (χ1) is 13.4. The molecule has 1 amide bonds. The molecule has 1 atom stereocenters. The van der Waals surface area contributed by atoms with Crippen LogP contribution in [0.3, 0.4) is 0 Å². The van der Waals surface area contributed by atoms with E-state index in [9.17, 15) is 13.2 Å². The van der Waals surface area contributed by atoms with Gasteiger partial charge in [0.05, 0.1) is 4.90 Å². The summed E-state index contributed by atoms with van der Waals surface area (Å²) in [7, 11) is -3.48. The van der Waals surface area contributed by atoms with Crippen molar-refractivity contribution in [3.8, 4) is 0 Å². The Morgan fingerprint density at radius 2 is 1.68 bits per heavy atom. The molecule has 1 N–H and O–H groups in total. The highest BCUT2D eigenvalue weighted by molar-refractivity contribution is 7.89. The lowest BCUT2D eigenvalue weighted by Gasteiger charge is -2.25. The van der Waals surface area contributed by atoms with Crippen LogP contribution in [-0.2, 0) is 10.0 Å². The number of carbonyl (C=O) groups is 1. The highest BCUT2D eigenvalue weighted by Gasteiger charge is 2.26. The van der Waals surface area contributed by atoms with Gasteiger partial charge in [-0.1, -0.05) is 38.5 Å². The van der Waals surface area contributed by atoms with Gasteiger partial charge in [-0.3, -0.25) is 4.79 Å². The topological polar surface area (TPSA) is 66.5 Å². The number of carbonyl (C=O) groups excluding carboxylic acids is 1. The molecule has 3 rings (SSSR count). The highest BCUT2D eigenvalue weighted by Crippen LogP contribution is 2.27. The van der Waals surface area contributed by atoms with Gasteiger partial charge in [0.25, 0.3) is 5.91 Å². The normalized spacial score (nSPS) is 16.5. The fourth-order valence-electron chi connectivity index (χ4n) is 3.49. The van der Waals surface area contributed by atoms with Gasteiger partial charge in [0, 0.05) is 24.3 Å². The number of anilines is 1. The first-order valence-corrected chi connectivity index (χ1v) is 11.4. The van der Waals surface area contributed by atoms with E-state index in [2.05, 4.69) is 19.2 Å². The Kier molecular flexibility index (Phi) is 6.52. The van der Waals surface area contributed by atoms with Crippen LogP contribution in [0.5, 0.6) is 0 Å². The summed E-state index contributed by atoms with van der Waals surface area (Å²) < 4.78 is 27.0. The molecule has 28 heavy (non-hydrogen) atoms. The van der Waals surface area contributed by atoms with E-state index in [-0.39, 0.29) is 10.8 Å². The molecule has 6 heteroatoms. The second-order valence-electron chi connectivity index (χ2n) is 7.34. The van der Waals surface area contributed by atoms with E-state index in [1.807, 2.05) is 24.3 Å². The summed E-state index contributed by atoms with van der Waals surface area (Å²) in [6.07, 6.45) is 3.85. The van der Waals surface area contributed by atoms with E-state index in [1.165, 1.54) is 16.4 Å². The molecule has 1 saturated heterocycles. The number of hydrogen-bond donors (Lipinski definition) is 1. The zero-order valence-corrected chi connectivity index (χ0v) is 17.3. The number of rotatable bonds is 6. The minimum atomic E-state index is -3.48. The Morgan fingerprint density at radius 1 is 1.04 bits per heavy atom. The van der Waals surface area contributed by atoms with Gasteiger partial charge in [0.1, 0.15) is 0 Å². The molecule has 1 aliphatic rings. The van der Waals surface area contributed by atoms with Crippen LogP contribution < -0.4 is 5.32 Å². The van der Waals surface area contributed by atoms with Crippen LogP contribution in [0.4, 0.5) is 5.69 Å². The highest BCUT2D eigenvalue weighted by atomic mass is 32.2. The third-order valence-corrected chi connectivity index (χ3v) is 7.33. The summed E-state index contributed by atoms with van der Waals surface area (Å²) >= 11 is 0. The molecular formula is C22H28N2O3S. The fraction of sp³-hybridized carbons (Fsp3) is 0.409. The van der Waals surface area contributed by atoms with E-state index in [4.69, 9.17) is 0 Å². The Bertz CT molecular complexity index is 917. The lowest BCUT2D eigenvalue weighted by Crippen LogP contribution is -2.35. The Hall–Kier alpha value is -2.18. The average Bonchev–Trinajstić information content (AvgIpc) is 2.74. The summed E-state index contributed by atoms with van der Waals surface area (Å²) in [4.78, 5) is 12.9. The number of piperidine rings is 1. The van der Waals surface area contributed by atoms with Crippen LogP contribution in [0.15, 0.2) is 53.4 Å². The van der Waals surface area contributed by atoms with Crippen molar-refractivity contribution in [1.29, 1.82) is 0 Å². The largest absolute Gasteiger partial charge is 0.322 e. The van der Waals surface area contributed by atoms with Crippen LogP contribution in [-0.4, -0.2) is 31.7 Å². The van der Waals surface area contributed by atoms with Crippen LogP contribution in [0, 0.1) is 0 Å². The lowest BCUT2D eigenvalue weighted by molar-refractivity contribution is 0.102. The predicted octanol–water partition coefficient (Wildman–Crippen LogP) is 4.63. The predicted molar refractivity (Wildman–Crippen MR) is 112 cm³/mol. The van der Waals surface area contributed by atoms with E-state index >= 15 is 0 Å². The van der Waals surface area contributed by atoms with Gasteiger partial charge >= 0.3 is 0 Å².